The monoisotopic (exact) mass is 334 g/mol. The standard InChI is InChI=1S/C19H27FN2O2/c1-19(2,3)24-18(23)22-14-9-10-16(22)17(20)15(11-14)21-12-13-7-5-4-6-8-13/h4-8,14-17,21H,9-12H2,1-3H3. The number of nitrogens with zero attached hydrogens (tertiary/aromatic N) is 1. The number of ether oxygens (including phenoxy) is 1. The molecule has 0 spiro atoms. The molecule has 5 heteroatoms. The number of nitrogens with one attached hydrogen (secondary N) is 1. The molecule has 2 bridgehead atoms. The fourth-order valence-corrected chi connectivity index (χ4v) is 3.79. The molecule has 2 fully saturated rings. The molecule has 0 aliphatic carbocycles. The summed E-state index contributed by atoms with van der Waals surface area (Å²) in [6, 6.07) is 9.51. The van der Waals surface area contributed by atoms with E-state index in [1.165, 1.54) is 0 Å². The van der Waals surface area contributed by atoms with Crippen molar-refractivity contribution in [3.8, 4) is 0 Å². The van der Waals surface area contributed by atoms with E-state index in [1.54, 1.807) is 4.90 Å². The van der Waals surface area contributed by atoms with Crippen molar-refractivity contribution in [3.63, 3.8) is 0 Å². The van der Waals surface area contributed by atoms with E-state index in [2.05, 4.69) is 5.32 Å². The van der Waals surface area contributed by atoms with Crippen LogP contribution in [0, 0.1) is 0 Å². The maximum Gasteiger partial charge on any atom is 0.410 e. The summed E-state index contributed by atoms with van der Waals surface area (Å²) in [5.74, 6) is 0. The first kappa shape index (κ1) is 17.2. The van der Waals surface area contributed by atoms with Crippen molar-refractivity contribution in [2.75, 3.05) is 0 Å². The SMILES string of the molecule is CC(C)(C)OC(=O)N1C2CCC1C(F)C(NCc1ccccc1)C2. The summed E-state index contributed by atoms with van der Waals surface area (Å²) in [6.45, 7) is 6.17. The lowest BCUT2D eigenvalue weighted by atomic mass is 9.95. The Morgan fingerprint density at radius 3 is 2.67 bits per heavy atom. The van der Waals surface area contributed by atoms with Crippen LogP contribution in [0.15, 0.2) is 30.3 Å². The van der Waals surface area contributed by atoms with Gasteiger partial charge in [-0.2, -0.15) is 0 Å². The third-order valence-electron chi connectivity index (χ3n) is 4.84. The molecular formula is C19H27FN2O2. The molecule has 2 aliphatic rings. The molecule has 4 nitrogen and oxygen atoms in total. The topological polar surface area (TPSA) is 41.6 Å². The van der Waals surface area contributed by atoms with Gasteiger partial charge in [-0.25, -0.2) is 9.18 Å². The number of benzene rings is 1. The predicted molar refractivity (Wildman–Crippen MR) is 91.5 cm³/mol. The highest BCUT2D eigenvalue weighted by Crippen LogP contribution is 2.38. The maximum atomic E-state index is 15.0. The molecule has 2 heterocycles. The van der Waals surface area contributed by atoms with E-state index in [4.69, 9.17) is 4.74 Å². The van der Waals surface area contributed by atoms with Gasteiger partial charge in [0.25, 0.3) is 0 Å². The van der Waals surface area contributed by atoms with E-state index in [0.717, 1.165) is 12.0 Å². The van der Waals surface area contributed by atoms with E-state index in [9.17, 15) is 9.18 Å². The second-order valence-corrected chi connectivity index (χ2v) is 7.84. The number of rotatable bonds is 3. The van der Waals surface area contributed by atoms with Crippen molar-refractivity contribution in [2.45, 2.75) is 76.5 Å². The smallest absolute Gasteiger partial charge is 0.410 e. The number of fused-ring (bicyclic) bond motifs is 2. The van der Waals surface area contributed by atoms with Gasteiger partial charge in [-0.05, 0) is 45.6 Å². The van der Waals surface area contributed by atoms with Gasteiger partial charge in [0, 0.05) is 18.6 Å². The molecule has 0 radical (unpaired) electrons. The zero-order valence-electron chi connectivity index (χ0n) is 14.7. The second-order valence-electron chi connectivity index (χ2n) is 7.84. The molecular weight excluding hydrogens is 307 g/mol. The van der Waals surface area contributed by atoms with Crippen LogP contribution in [0.5, 0.6) is 0 Å². The molecule has 24 heavy (non-hydrogen) atoms. The average Bonchev–Trinajstić information content (AvgIpc) is 2.87. The van der Waals surface area contributed by atoms with Crippen molar-refractivity contribution in [1.82, 2.24) is 10.2 Å². The Morgan fingerprint density at radius 1 is 1.29 bits per heavy atom. The first-order valence-corrected chi connectivity index (χ1v) is 8.78. The number of alkyl halides is 1. The number of hydrogen-bond donors (Lipinski definition) is 1. The normalized spacial score (nSPS) is 29.6. The van der Waals surface area contributed by atoms with Crippen LogP contribution in [0.2, 0.25) is 0 Å². The van der Waals surface area contributed by atoms with Gasteiger partial charge in [-0.1, -0.05) is 30.3 Å². The van der Waals surface area contributed by atoms with E-state index in [-0.39, 0.29) is 24.2 Å². The Morgan fingerprint density at radius 2 is 2.00 bits per heavy atom. The molecule has 4 unspecified atom stereocenters. The molecule has 1 aromatic rings. The van der Waals surface area contributed by atoms with E-state index in [1.807, 2.05) is 51.1 Å². The van der Waals surface area contributed by atoms with Crippen molar-refractivity contribution in [2.24, 2.45) is 0 Å². The van der Waals surface area contributed by atoms with E-state index >= 15 is 0 Å². The van der Waals surface area contributed by atoms with Crippen LogP contribution >= 0.6 is 0 Å². The molecule has 2 saturated heterocycles. The van der Waals surface area contributed by atoms with Crippen LogP contribution in [0.1, 0.15) is 45.6 Å². The van der Waals surface area contributed by atoms with Crippen LogP contribution in [0.3, 0.4) is 0 Å². The first-order chi connectivity index (χ1) is 11.3. The van der Waals surface area contributed by atoms with Gasteiger partial charge in [0.1, 0.15) is 11.8 Å². The summed E-state index contributed by atoms with van der Waals surface area (Å²) in [5, 5.41) is 3.34. The van der Waals surface area contributed by atoms with Gasteiger partial charge in [-0.3, -0.25) is 4.90 Å². The minimum absolute atomic E-state index is 0.0742. The third-order valence-corrected chi connectivity index (χ3v) is 4.84. The lowest BCUT2D eigenvalue weighted by Crippen LogP contribution is -2.59. The van der Waals surface area contributed by atoms with E-state index < -0.39 is 11.8 Å². The molecule has 1 aromatic carbocycles. The Hall–Kier alpha value is -1.62. The van der Waals surface area contributed by atoms with E-state index in [0.29, 0.717) is 19.4 Å². The lowest BCUT2D eigenvalue weighted by Gasteiger charge is -2.41. The summed E-state index contributed by atoms with van der Waals surface area (Å²) in [4.78, 5) is 14.1. The third kappa shape index (κ3) is 3.72. The molecule has 0 aromatic heterocycles. The molecule has 3 rings (SSSR count). The lowest BCUT2D eigenvalue weighted by molar-refractivity contribution is -0.0135. The molecule has 1 amide bonds. The fraction of sp³-hybridized carbons (Fsp3) is 0.632. The van der Waals surface area contributed by atoms with Gasteiger partial charge >= 0.3 is 6.09 Å². The number of halogens is 1. The summed E-state index contributed by atoms with van der Waals surface area (Å²) in [5.41, 5.74) is 0.594. The molecule has 132 valence electrons. The van der Waals surface area contributed by atoms with Crippen LogP contribution < -0.4 is 5.32 Å². The minimum atomic E-state index is -1.06. The molecule has 0 saturated carbocycles. The predicted octanol–water partition coefficient (Wildman–Crippen LogP) is 3.65. The van der Waals surface area contributed by atoms with Crippen LogP contribution in [0.25, 0.3) is 0 Å². The van der Waals surface area contributed by atoms with Gasteiger partial charge in [-0.15, -0.1) is 0 Å². The zero-order valence-corrected chi connectivity index (χ0v) is 14.7. The summed E-state index contributed by atoms with van der Waals surface area (Å²) in [7, 11) is 0. The summed E-state index contributed by atoms with van der Waals surface area (Å²) < 4.78 is 20.4. The minimum Gasteiger partial charge on any atom is -0.444 e. The highest BCUT2D eigenvalue weighted by molar-refractivity contribution is 5.70. The summed E-state index contributed by atoms with van der Waals surface area (Å²) in [6.07, 6.45) is 0.783. The van der Waals surface area contributed by atoms with Crippen molar-refractivity contribution in [1.29, 1.82) is 0 Å². The number of carbonyl (C=O) groups is 1. The van der Waals surface area contributed by atoms with Gasteiger partial charge in [0.15, 0.2) is 0 Å². The number of piperidine rings is 1. The number of amides is 1. The fourth-order valence-electron chi connectivity index (χ4n) is 3.79. The second kappa shape index (κ2) is 6.71. The quantitative estimate of drug-likeness (QED) is 0.917. The molecule has 2 aliphatic heterocycles. The highest BCUT2D eigenvalue weighted by Gasteiger charge is 2.50. The first-order valence-electron chi connectivity index (χ1n) is 8.78. The number of carbonyl (C=O) groups excluding carboxylic acids is 1. The highest BCUT2D eigenvalue weighted by atomic mass is 19.1. The summed E-state index contributed by atoms with van der Waals surface area (Å²) >= 11 is 0. The van der Waals surface area contributed by atoms with Crippen LogP contribution in [-0.4, -0.2) is 40.9 Å². The van der Waals surface area contributed by atoms with Gasteiger partial charge < -0.3 is 10.1 Å². The maximum absolute atomic E-state index is 15.0. The van der Waals surface area contributed by atoms with Crippen molar-refractivity contribution >= 4 is 6.09 Å². The Kier molecular flexibility index (Phi) is 4.81. The van der Waals surface area contributed by atoms with Gasteiger partial charge in [0.2, 0.25) is 0 Å². The largest absolute Gasteiger partial charge is 0.444 e. The van der Waals surface area contributed by atoms with Crippen LogP contribution in [0.4, 0.5) is 9.18 Å². The zero-order chi connectivity index (χ0) is 17.3. The van der Waals surface area contributed by atoms with Crippen LogP contribution in [-0.2, 0) is 11.3 Å². The number of hydrogen-bond acceptors (Lipinski definition) is 3. The Bertz CT molecular complexity index is 572. The molecule has 1 N–H and O–H groups in total. The molecule has 4 atom stereocenters. The van der Waals surface area contributed by atoms with Gasteiger partial charge in [0.05, 0.1) is 6.04 Å². The van der Waals surface area contributed by atoms with Crippen molar-refractivity contribution < 1.29 is 13.9 Å². The Balaban J connectivity index is 1.62. The average molecular weight is 334 g/mol. The Labute approximate surface area is 143 Å². The van der Waals surface area contributed by atoms with Crippen molar-refractivity contribution in [3.05, 3.63) is 35.9 Å².